The fraction of sp³-hybridized carbons (Fsp3) is 0.0625. The highest BCUT2D eigenvalue weighted by Gasteiger charge is 2.48. The van der Waals surface area contributed by atoms with Gasteiger partial charge in [-0.2, -0.15) is 0 Å². The number of ether oxygens (including phenoxy) is 1. The normalized spacial score (nSPS) is 13.5. The fourth-order valence-corrected chi connectivity index (χ4v) is 11.9. The van der Waals surface area contributed by atoms with Crippen LogP contribution in [0, 0.1) is 0 Å². The lowest BCUT2D eigenvalue weighted by molar-refractivity contribution is 0.483. The summed E-state index contributed by atoms with van der Waals surface area (Å²) < 4.78 is 7.46. The highest BCUT2D eigenvalue weighted by Crippen LogP contribution is 2.50. The first-order chi connectivity index (χ1) is 34.9. The molecule has 7 heteroatoms. The molecular weight excluding hydrogens is 862 g/mol. The Morgan fingerprint density at radius 2 is 0.761 bits per heavy atom. The van der Waals surface area contributed by atoms with E-state index in [2.05, 4.69) is 277 Å². The second-order valence-corrected chi connectivity index (χ2v) is 20.1. The average molecular weight is 911 g/mol. The fourth-order valence-electron chi connectivity index (χ4n) is 11.9. The lowest BCUT2D eigenvalue weighted by Gasteiger charge is -2.46. The molecule has 4 heterocycles. The van der Waals surface area contributed by atoms with E-state index in [1.807, 2.05) is 0 Å². The van der Waals surface area contributed by atoms with Crippen molar-refractivity contribution < 1.29 is 4.74 Å². The van der Waals surface area contributed by atoms with Gasteiger partial charge in [0.2, 0.25) is 0 Å². The highest BCUT2D eigenvalue weighted by molar-refractivity contribution is 7.02. The van der Waals surface area contributed by atoms with Crippen molar-refractivity contribution in [2.24, 2.45) is 0 Å². The first-order valence-corrected chi connectivity index (χ1v) is 24.7. The summed E-state index contributed by atoms with van der Waals surface area (Å²) in [6.45, 7) is 6.72. The van der Waals surface area contributed by atoms with Crippen molar-refractivity contribution in [3.8, 4) is 11.5 Å². The Kier molecular flexibility index (Phi) is 9.28. The maximum absolute atomic E-state index is 7.46. The second-order valence-electron chi connectivity index (χ2n) is 20.1. The molecule has 0 saturated carbocycles. The van der Waals surface area contributed by atoms with Crippen LogP contribution in [-0.2, 0) is 5.41 Å². The van der Waals surface area contributed by atoms with E-state index < -0.39 is 0 Å². The van der Waals surface area contributed by atoms with Gasteiger partial charge in [-0.05, 0) is 141 Å². The molecule has 10 aromatic rings. The minimum Gasteiger partial charge on any atom is -0.458 e. The minimum absolute atomic E-state index is 0.0717. The third-order valence-electron chi connectivity index (χ3n) is 15.0. The van der Waals surface area contributed by atoms with E-state index in [1.165, 1.54) is 55.4 Å². The lowest BCUT2D eigenvalue weighted by atomic mass is 9.30. The smallest absolute Gasteiger partial charge is 0.256 e. The van der Waals surface area contributed by atoms with Crippen LogP contribution in [-0.4, -0.2) is 13.4 Å². The molecule has 4 aliphatic rings. The Morgan fingerprint density at radius 3 is 1.25 bits per heavy atom. The first-order valence-electron chi connectivity index (χ1n) is 24.7. The van der Waals surface area contributed by atoms with Gasteiger partial charge in [0.1, 0.15) is 11.5 Å². The van der Waals surface area contributed by atoms with E-state index in [0.717, 1.165) is 62.7 Å². The van der Waals surface area contributed by atoms with Gasteiger partial charge >= 0.3 is 0 Å². The number of para-hydroxylation sites is 7. The van der Waals surface area contributed by atoms with Crippen LogP contribution >= 0.6 is 0 Å². The second kappa shape index (κ2) is 15.9. The zero-order chi connectivity index (χ0) is 47.4. The number of anilines is 12. The lowest BCUT2D eigenvalue weighted by Crippen LogP contribution is -2.64. The van der Waals surface area contributed by atoms with Gasteiger partial charge in [0, 0.05) is 68.6 Å². The molecule has 0 fully saturated rings. The molecule has 0 saturated heterocycles. The molecule has 4 aliphatic heterocycles. The summed E-state index contributed by atoms with van der Waals surface area (Å²) in [4.78, 5) is 9.84. The summed E-state index contributed by atoms with van der Waals surface area (Å²) in [6, 6.07) is 86.6. The number of hydrogen-bond acceptors (Lipinski definition) is 5. The van der Waals surface area contributed by atoms with Crippen molar-refractivity contribution in [3.63, 3.8) is 0 Å². The third kappa shape index (κ3) is 6.42. The number of nitrogens with zero attached hydrogens (tertiary/aromatic N) is 4. The highest BCUT2D eigenvalue weighted by atomic mass is 16.5. The number of benzene rings is 10. The average Bonchev–Trinajstić information content (AvgIpc) is 3.41. The van der Waals surface area contributed by atoms with E-state index >= 15 is 0 Å². The van der Waals surface area contributed by atoms with Crippen LogP contribution in [0.15, 0.2) is 237 Å². The van der Waals surface area contributed by atoms with Crippen molar-refractivity contribution in [1.29, 1.82) is 0 Å². The monoisotopic (exact) mass is 910 g/mol. The Hall–Kier alpha value is -8.67. The first kappa shape index (κ1) is 41.3. The van der Waals surface area contributed by atoms with Gasteiger partial charge in [0.05, 0.1) is 5.69 Å². The topological polar surface area (TPSA) is 22.2 Å². The van der Waals surface area contributed by atoms with Gasteiger partial charge < -0.3 is 24.3 Å². The predicted molar refractivity (Wildman–Crippen MR) is 300 cm³/mol. The van der Waals surface area contributed by atoms with Crippen LogP contribution in [0.1, 0.15) is 26.3 Å². The Bertz CT molecular complexity index is 3660. The van der Waals surface area contributed by atoms with Crippen LogP contribution in [0.5, 0.6) is 11.5 Å². The molecular formula is C64H48B2N4O. The molecule has 0 unspecified atom stereocenters. The SMILES string of the molecule is CC(C)(C)c1cc2c3c(c1)N(c1ccccc1)c1ccccc1B3c1cc3c(cc1O2)N(c1ccccc1)c1cc(N(c2ccccc2)c2ccccc2)cc2c1B3c1ccccc1N2c1ccccc1. The molecule has 0 spiro atoms. The zero-order valence-corrected chi connectivity index (χ0v) is 39.9. The van der Waals surface area contributed by atoms with Crippen molar-refractivity contribution in [2.45, 2.75) is 26.2 Å². The van der Waals surface area contributed by atoms with E-state index in [4.69, 9.17) is 4.74 Å². The largest absolute Gasteiger partial charge is 0.458 e. The van der Waals surface area contributed by atoms with Crippen LogP contribution in [0.4, 0.5) is 68.2 Å². The summed E-state index contributed by atoms with van der Waals surface area (Å²) in [7, 11) is 0. The molecule has 10 aromatic carbocycles. The molecule has 0 amide bonds. The van der Waals surface area contributed by atoms with Crippen molar-refractivity contribution in [2.75, 3.05) is 19.6 Å². The maximum atomic E-state index is 7.46. The van der Waals surface area contributed by atoms with Crippen molar-refractivity contribution >= 4 is 114 Å². The molecule has 5 nitrogen and oxygen atoms in total. The molecule has 0 aromatic heterocycles. The van der Waals surface area contributed by atoms with Crippen molar-refractivity contribution in [3.05, 3.63) is 242 Å². The Balaban J connectivity index is 1.07. The summed E-state index contributed by atoms with van der Waals surface area (Å²) in [5.74, 6) is 1.79. The summed E-state index contributed by atoms with van der Waals surface area (Å²) in [6.07, 6.45) is 0. The minimum atomic E-state index is -0.127. The Morgan fingerprint density at radius 1 is 0.338 bits per heavy atom. The maximum Gasteiger partial charge on any atom is 0.256 e. The van der Waals surface area contributed by atoms with E-state index in [9.17, 15) is 0 Å². The van der Waals surface area contributed by atoms with Crippen LogP contribution in [0.25, 0.3) is 0 Å². The summed E-state index contributed by atoms with van der Waals surface area (Å²) >= 11 is 0. The predicted octanol–water partition coefficient (Wildman–Crippen LogP) is 12.9. The third-order valence-corrected chi connectivity index (χ3v) is 15.0. The van der Waals surface area contributed by atoms with Gasteiger partial charge in [0.25, 0.3) is 13.4 Å². The van der Waals surface area contributed by atoms with E-state index in [-0.39, 0.29) is 18.8 Å². The number of rotatable bonds is 6. The molecule has 0 aliphatic carbocycles. The molecule has 0 radical (unpaired) electrons. The van der Waals surface area contributed by atoms with E-state index in [0.29, 0.717) is 0 Å². The number of fused-ring (bicyclic) bond motifs is 8. The van der Waals surface area contributed by atoms with Crippen LogP contribution in [0.3, 0.4) is 0 Å². The van der Waals surface area contributed by atoms with Gasteiger partial charge in [-0.3, -0.25) is 0 Å². The molecule has 71 heavy (non-hydrogen) atoms. The molecule has 0 bridgehead atoms. The van der Waals surface area contributed by atoms with Crippen molar-refractivity contribution in [1.82, 2.24) is 0 Å². The molecule has 14 rings (SSSR count). The van der Waals surface area contributed by atoms with Gasteiger partial charge in [-0.25, -0.2) is 0 Å². The van der Waals surface area contributed by atoms with E-state index in [1.54, 1.807) is 0 Å². The standard InChI is InChI=1S/C64H48B2N4O/c1-64(2,3)43-37-57-63-61(38-43)71-60-42-56-52(41-53(60)66(63)51-34-20-22-36-55(51)68(57)46-27-13-6-14-28-46)65-50-33-19-21-35-54(50)69(47-29-15-7-16-30-47)58-39-49(40-59(62(58)65)70(56)48-31-17-8-18-32-48)67(44-23-9-4-10-24-44)45-25-11-5-12-26-45/h4-42H,1-3H3. The van der Waals surface area contributed by atoms with Gasteiger partial charge in [-0.15, -0.1) is 0 Å². The quantitative estimate of drug-likeness (QED) is 0.155. The molecule has 0 atom stereocenters. The zero-order valence-electron chi connectivity index (χ0n) is 39.9. The van der Waals surface area contributed by atoms with Crippen LogP contribution < -0.4 is 57.1 Å². The molecule has 0 N–H and O–H groups in total. The summed E-state index contributed by atoms with van der Waals surface area (Å²) in [5.41, 5.74) is 22.0. The van der Waals surface area contributed by atoms with Crippen LogP contribution in [0.2, 0.25) is 0 Å². The summed E-state index contributed by atoms with van der Waals surface area (Å²) in [5, 5.41) is 0. The molecule has 336 valence electrons. The Labute approximate surface area is 416 Å². The number of hydrogen-bond donors (Lipinski definition) is 0. The van der Waals surface area contributed by atoms with Gasteiger partial charge in [-0.1, -0.05) is 154 Å². The van der Waals surface area contributed by atoms with Gasteiger partial charge in [0.15, 0.2) is 0 Å².